The van der Waals surface area contributed by atoms with Gasteiger partial charge < -0.3 is 10.2 Å². The molecule has 1 aromatic heterocycles. The predicted octanol–water partition coefficient (Wildman–Crippen LogP) is 1.33. The maximum atomic E-state index is 12.8. The number of hydrogen-bond acceptors (Lipinski definition) is 3. The Labute approximate surface area is 120 Å². The van der Waals surface area contributed by atoms with Crippen molar-refractivity contribution in [1.82, 2.24) is 20.0 Å². The van der Waals surface area contributed by atoms with Crippen LogP contribution in [0.15, 0.2) is 6.07 Å². The SMILES string of the molecule is Cc1cc(C(=O)N2CCCC2C2CCCNC2)n(C)n1. The first-order chi connectivity index (χ1) is 9.66. The Hall–Kier alpha value is -1.36. The summed E-state index contributed by atoms with van der Waals surface area (Å²) in [6, 6.07) is 2.31. The van der Waals surface area contributed by atoms with E-state index in [4.69, 9.17) is 0 Å². The molecule has 2 aliphatic heterocycles. The Bertz CT molecular complexity index is 490. The second-order valence-corrected chi connectivity index (χ2v) is 6.11. The fourth-order valence-corrected chi connectivity index (χ4v) is 3.70. The summed E-state index contributed by atoms with van der Waals surface area (Å²) < 4.78 is 1.71. The molecule has 0 aliphatic carbocycles. The molecule has 3 heterocycles. The Balaban J connectivity index is 1.77. The van der Waals surface area contributed by atoms with Crippen LogP contribution >= 0.6 is 0 Å². The van der Waals surface area contributed by atoms with Gasteiger partial charge in [0.2, 0.25) is 0 Å². The fraction of sp³-hybridized carbons (Fsp3) is 0.733. The normalized spacial score (nSPS) is 27.0. The van der Waals surface area contributed by atoms with Crippen LogP contribution in [0.4, 0.5) is 0 Å². The van der Waals surface area contributed by atoms with Gasteiger partial charge in [0.25, 0.3) is 5.91 Å². The molecule has 1 aromatic rings. The standard InChI is InChI=1S/C15H24N4O/c1-11-9-14(18(2)17-11)15(20)19-8-4-6-13(19)12-5-3-7-16-10-12/h9,12-13,16H,3-8,10H2,1-2H3. The van der Waals surface area contributed by atoms with Crippen molar-refractivity contribution in [3.8, 4) is 0 Å². The van der Waals surface area contributed by atoms with E-state index in [1.165, 1.54) is 12.8 Å². The number of likely N-dealkylation sites (tertiary alicyclic amines) is 1. The molecule has 2 aliphatic rings. The van der Waals surface area contributed by atoms with Crippen molar-refractivity contribution in [3.05, 3.63) is 17.5 Å². The number of aromatic nitrogens is 2. The van der Waals surface area contributed by atoms with Crippen molar-refractivity contribution in [2.24, 2.45) is 13.0 Å². The summed E-state index contributed by atoms with van der Waals surface area (Å²) in [6.07, 6.45) is 4.75. The predicted molar refractivity (Wildman–Crippen MR) is 77.6 cm³/mol. The molecule has 0 spiro atoms. The van der Waals surface area contributed by atoms with Gasteiger partial charge in [-0.15, -0.1) is 0 Å². The van der Waals surface area contributed by atoms with Crippen LogP contribution in [0.3, 0.4) is 0 Å². The first-order valence-corrected chi connectivity index (χ1v) is 7.69. The van der Waals surface area contributed by atoms with Crippen LogP contribution in [0.25, 0.3) is 0 Å². The van der Waals surface area contributed by atoms with Gasteiger partial charge in [-0.25, -0.2) is 0 Å². The molecule has 20 heavy (non-hydrogen) atoms. The van der Waals surface area contributed by atoms with Crippen LogP contribution in [-0.4, -0.2) is 46.3 Å². The van der Waals surface area contributed by atoms with Crippen molar-refractivity contribution < 1.29 is 4.79 Å². The molecule has 5 heteroatoms. The summed E-state index contributed by atoms with van der Waals surface area (Å²) in [5, 5.41) is 7.77. The van der Waals surface area contributed by atoms with E-state index in [9.17, 15) is 4.79 Å². The number of piperidine rings is 1. The zero-order chi connectivity index (χ0) is 14.1. The smallest absolute Gasteiger partial charge is 0.272 e. The molecule has 1 N–H and O–H groups in total. The van der Waals surface area contributed by atoms with Gasteiger partial charge in [0.05, 0.1) is 5.69 Å². The molecule has 0 saturated carbocycles. The van der Waals surface area contributed by atoms with Gasteiger partial charge in [0, 0.05) is 19.6 Å². The van der Waals surface area contributed by atoms with Crippen LogP contribution in [0.1, 0.15) is 41.9 Å². The molecule has 0 radical (unpaired) electrons. The van der Waals surface area contributed by atoms with Gasteiger partial charge >= 0.3 is 0 Å². The third kappa shape index (κ3) is 2.46. The number of nitrogens with zero attached hydrogens (tertiary/aromatic N) is 3. The van der Waals surface area contributed by atoms with Crippen molar-refractivity contribution in [3.63, 3.8) is 0 Å². The van der Waals surface area contributed by atoms with E-state index in [1.807, 2.05) is 20.0 Å². The lowest BCUT2D eigenvalue weighted by molar-refractivity contribution is 0.0659. The number of carbonyl (C=O) groups excluding carboxylic acids is 1. The number of hydrogen-bond donors (Lipinski definition) is 1. The van der Waals surface area contributed by atoms with E-state index < -0.39 is 0 Å². The van der Waals surface area contributed by atoms with Crippen molar-refractivity contribution in [1.29, 1.82) is 0 Å². The van der Waals surface area contributed by atoms with Gasteiger partial charge in [-0.3, -0.25) is 9.48 Å². The van der Waals surface area contributed by atoms with Crippen LogP contribution in [-0.2, 0) is 7.05 Å². The summed E-state index contributed by atoms with van der Waals surface area (Å²) in [5.41, 5.74) is 1.63. The Kier molecular flexibility index (Phi) is 3.78. The summed E-state index contributed by atoms with van der Waals surface area (Å²) in [4.78, 5) is 14.9. The Morgan fingerprint density at radius 2 is 2.25 bits per heavy atom. The zero-order valence-electron chi connectivity index (χ0n) is 12.4. The molecule has 1 amide bonds. The van der Waals surface area contributed by atoms with E-state index in [0.717, 1.165) is 43.9 Å². The summed E-state index contributed by atoms with van der Waals surface area (Å²) >= 11 is 0. The summed E-state index contributed by atoms with van der Waals surface area (Å²) in [7, 11) is 1.85. The van der Waals surface area contributed by atoms with E-state index in [-0.39, 0.29) is 5.91 Å². The van der Waals surface area contributed by atoms with Crippen LogP contribution in [0.5, 0.6) is 0 Å². The Morgan fingerprint density at radius 1 is 1.40 bits per heavy atom. The molecule has 110 valence electrons. The topological polar surface area (TPSA) is 50.2 Å². The van der Waals surface area contributed by atoms with Gasteiger partial charge in [0.15, 0.2) is 0 Å². The highest BCUT2D eigenvalue weighted by molar-refractivity contribution is 5.93. The third-order valence-corrected chi connectivity index (χ3v) is 4.66. The maximum Gasteiger partial charge on any atom is 0.272 e. The van der Waals surface area contributed by atoms with E-state index >= 15 is 0 Å². The summed E-state index contributed by atoms with van der Waals surface area (Å²) in [5.74, 6) is 0.769. The maximum absolute atomic E-state index is 12.8. The molecule has 2 atom stereocenters. The van der Waals surface area contributed by atoms with Crippen molar-refractivity contribution in [2.45, 2.75) is 38.6 Å². The van der Waals surface area contributed by atoms with Gasteiger partial charge in [0.1, 0.15) is 5.69 Å². The quantitative estimate of drug-likeness (QED) is 0.886. The second-order valence-electron chi connectivity index (χ2n) is 6.11. The molecule has 0 bridgehead atoms. The van der Waals surface area contributed by atoms with E-state index in [2.05, 4.69) is 15.3 Å². The molecule has 2 fully saturated rings. The van der Waals surface area contributed by atoms with Gasteiger partial charge in [-0.1, -0.05) is 0 Å². The first-order valence-electron chi connectivity index (χ1n) is 7.69. The number of amides is 1. The van der Waals surface area contributed by atoms with Gasteiger partial charge in [-0.05, 0) is 57.7 Å². The minimum Gasteiger partial charge on any atom is -0.334 e. The lowest BCUT2D eigenvalue weighted by Gasteiger charge is -2.34. The van der Waals surface area contributed by atoms with E-state index in [0.29, 0.717) is 12.0 Å². The van der Waals surface area contributed by atoms with E-state index in [1.54, 1.807) is 4.68 Å². The van der Waals surface area contributed by atoms with Gasteiger partial charge in [-0.2, -0.15) is 5.10 Å². The molecule has 5 nitrogen and oxygen atoms in total. The van der Waals surface area contributed by atoms with Crippen LogP contribution in [0, 0.1) is 12.8 Å². The number of nitrogens with one attached hydrogen (secondary N) is 1. The number of aryl methyl sites for hydroxylation is 2. The van der Waals surface area contributed by atoms with Crippen LogP contribution < -0.4 is 5.32 Å². The minimum atomic E-state index is 0.154. The highest BCUT2D eigenvalue weighted by Crippen LogP contribution is 2.29. The number of rotatable bonds is 2. The van der Waals surface area contributed by atoms with Crippen LogP contribution in [0.2, 0.25) is 0 Å². The molecule has 2 unspecified atom stereocenters. The number of carbonyl (C=O) groups is 1. The lowest BCUT2D eigenvalue weighted by atomic mass is 9.90. The average Bonchev–Trinajstić information content (AvgIpc) is 3.05. The molecule has 2 saturated heterocycles. The zero-order valence-corrected chi connectivity index (χ0v) is 12.4. The highest BCUT2D eigenvalue weighted by atomic mass is 16.2. The summed E-state index contributed by atoms with van der Waals surface area (Å²) in [6.45, 7) is 5.00. The lowest BCUT2D eigenvalue weighted by Crippen LogP contribution is -2.46. The molecular formula is C15H24N4O. The van der Waals surface area contributed by atoms with Crippen molar-refractivity contribution >= 4 is 5.91 Å². The average molecular weight is 276 g/mol. The highest BCUT2D eigenvalue weighted by Gasteiger charge is 2.36. The monoisotopic (exact) mass is 276 g/mol. The fourth-order valence-electron chi connectivity index (χ4n) is 3.70. The largest absolute Gasteiger partial charge is 0.334 e. The molecule has 3 rings (SSSR count). The minimum absolute atomic E-state index is 0.154. The second kappa shape index (κ2) is 5.56. The Morgan fingerprint density at radius 3 is 2.90 bits per heavy atom. The molecular weight excluding hydrogens is 252 g/mol. The van der Waals surface area contributed by atoms with Crippen molar-refractivity contribution in [2.75, 3.05) is 19.6 Å². The molecule has 0 aromatic carbocycles. The third-order valence-electron chi connectivity index (χ3n) is 4.66. The first kappa shape index (κ1) is 13.6.